The van der Waals surface area contributed by atoms with E-state index >= 15 is 0 Å². The van der Waals surface area contributed by atoms with E-state index in [1.165, 1.54) is 0 Å². The van der Waals surface area contributed by atoms with Gasteiger partial charge < -0.3 is 15.5 Å². The summed E-state index contributed by atoms with van der Waals surface area (Å²) in [5.74, 6) is 0.104. The Kier molecular flexibility index (Phi) is 5.87. The van der Waals surface area contributed by atoms with Crippen molar-refractivity contribution in [3.63, 3.8) is 0 Å². The lowest BCUT2D eigenvalue weighted by Crippen LogP contribution is -2.49. The van der Waals surface area contributed by atoms with Crippen LogP contribution in [0.4, 0.5) is 5.69 Å². The highest BCUT2D eigenvalue weighted by atomic mass is 35.5. The van der Waals surface area contributed by atoms with Crippen LogP contribution in [0.25, 0.3) is 0 Å². The van der Waals surface area contributed by atoms with Crippen molar-refractivity contribution in [1.29, 1.82) is 0 Å². The smallest absolute Gasteiger partial charge is 0.225 e. The van der Waals surface area contributed by atoms with Gasteiger partial charge in [0.15, 0.2) is 5.11 Å². The first-order chi connectivity index (χ1) is 10.8. The van der Waals surface area contributed by atoms with Crippen molar-refractivity contribution in [2.45, 2.75) is 39.7 Å². The van der Waals surface area contributed by atoms with Crippen molar-refractivity contribution in [2.75, 3.05) is 18.4 Å². The fourth-order valence-electron chi connectivity index (χ4n) is 2.39. The number of carbonyl (C=O) groups is 1. The van der Waals surface area contributed by atoms with Crippen LogP contribution >= 0.6 is 23.8 Å². The molecule has 0 bridgehead atoms. The molecule has 1 aliphatic rings. The Morgan fingerprint density at radius 2 is 1.87 bits per heavy atom. The number of carbonyl (C=O) groups excluding carboxylic acids is 1. The van der Waals surface area contributed by atoms with Gasteiger partial charge in [-0.15, -0.1) is 0 Å². The molecule has 0 unspecified atom stereocenters. The number of hydrogen-bond donors (Lipinski definition) is 2. The van der Waals surface area contributed by atoms with Crippen LogP contribution in [0, 0.1) is 5.41 Å². The van der Waals surface area contributed by atoms with Crippen molar-refractivity contribution >= 4 is 40.5 Å². The van der Waals surface area contributed by atoms with Crippen molar-refractivity contribution in [3.05, 3.63) is 29.3 Å². The van der Waals surface area contributed by atoms with E-state index in [9.17, 15) is 4.79 Å². The highest BCUT2D eigenvalue weighted by Gasteiger charge is 2.27. The topological polar surface area (TPSA) is 44.4 Å². The molecule has 0 aliphatic carbocycles. The maximum atomic E-state index is 12.0. The molecular weight excluding hydrogens is 330 g/mol. The monoisotopic (exact) mass is 353 g/mol. The summed E-state index contributed by atoms with van der Waals surface area (Å²) in [4.78, 5) is 14.2. The second kappa shape index (κ2) is 7.49. The van der Waals surface area contributed by atoms with Crippen molar-refractivity contribution < 1.29 is 4.79 Å². The van der Waals surface area contributed by atoms with E-state index in [-0.39, 0.29) is 17.4 Å². The first-order valence-corrected chi connectivity index (χ1v) is 8.67. The third-order valence-electron chi connectivity index (χ3n) is 3.91. The Balaban J connectivity index is 1.83. The molecule has 1 aromatic rings. The van der Waals surface area contributed by atoms with Gasteiger partial charge in [-0.1, -0.05) is 44.5 Å². The number of nitrogens with one attached hydrogen (secondary N) is 2. The normalized spacial score (nSPS) is 16.1. The van der Waals surface area contributed by atoms with E-state index in [4.69, 9.17) is 23.8 Å². The van der Waals surface area contributed by atoms with Gasteiger partial charge in [0.05, 0.1) is 10.7 Å². The van der Waals surface area contributed by atoms with Crippen LogP contribution in [0.5, 0.6) is 0 Å². The molecule has 126 valence electrons. The van der Waals surface area contributed by atoms with Crippen LogP contribution in [0.3, 0.4) is 0 Å². The lowest BCUT2D eigenvalue weighted by Gasteiger charge is -2.35. The third-order valence-corrected chi connectivity index (χ3v) is 4.60. The second-order valence-corrected chi connectivity index (χ2v) is 7.69. The van der Waals surface area contributed by atoms with Gasteiger partial charge in [0.25, 0.3) is 0 Å². The zero-order valence-corrected chi connectivity index (χ0v) is 15.4. The highest BCUT2D eigenvalue weighted by Crippen LogP contribution is 2.22. The fourth-order valence-corrected chi connectivity index (χ4v) is 2.86. The number of benzene rings is 1. The van der Waals surface area contributed by atoms with Crippen LogP contribution in [-0.2, 0) is 4.79 Å². The molecule has 0 aromatic heterocycles. The molecule has 0 radical (unpaired) electrons. The quantitative estimate of drug-likeness (QED) is 0.796. The van der Waals surface area contributed by atoms with Gasteiger partial charge in [0.1, 0.15) is 0 Å². The Bertz CT molecular complexity index is 577. The lowest BCUT2D eigenvalue weighted by molar-refractivity contribution is -0.129. The standard InChI is InChI=1S/C17H24ClN3OS/c1-17(2,3)15(22)19-12-8-10-21(11-9-12)16(23)20-14-7-5-4-6-13(14)18/h4-7,12H,8-11H2,1-3H3,(H,19,22)(H,20,23). The Morgan fingerprint density at radius 1 is 1.26 bits per heavy atom. The van der Waals surface area contributed by atoms with Crippen LogP contribution in [-0.4, -0.2) is 35.1 Å². The molecule has 1 heterocycles. The molecule has 1 saturated heterocycles. The third kappa shape index (κ3) is 5.08. The number of hydrogen-bond acceptors (Lipinski definition) is 2. The predicted octanol–water partition coefficient (Wildman–Crippen LogP) is 3.66. The van der Waals surface area contributed by atoms with Gasteiger partial charge >= 0.3 is 0 Å². The van der Waals surface area contributed by atoms with Crippen LogP contribution in [0.1, 0.15) is 33.6 Å². The maximum absolute atomic E-state index is 12.0. The summed E-state index contributed by atoms with van der Waals surface area (Å²) in [6.45, 7) is 7.44. The molecule has 1 fully saturated rings. The number of likely N-dealkylation sites (tertiary alicyclic amines) is 1. The maximum Gasteiger partial charge on any atom is 0.225 e. The summed E-state index contributed by atoms with van der Waals surface area (Å²) >= 11 is 11.6. The summed E-state index contributed by atoms with van der Waals surface area (Å²) in [5, 5.41) is 7.66. The molecule has 1 amide bonds. The van der Waals surface area contributed by atoms with Gasteiger partial charge in [-0.3, -0.25) is 4.79 Å². The number of amides is 1. The summed E-state index contributed by atoms with van der Waals surface area (Å²) in [6.07, 6.45) is 1.79. The van der Waals surface area contributed by atoms with Gasteiger partial charge in [-0.25, -0.2) is 0 Å². The minimum absolute atomic E-state index is 0.104. The molecule has 23 heavy (non-hydrogen) atoms. The number of halogens is 1. The van der Waals surface area contributed by atoms with E-state index in [1.54, 1.807) is 0 Å². The zero-order valence-electron chi connectivity index (χ0n) is 13.9. The largest absolute Gasteiger partial charge is 0.353 e. The molecule has 6 heteroatoms. The molecule has 2 rings (SSSR count). The first kappa shape index (κ1) is 18.0. The first-order valence-electron chi connectivity index (χ1n) is 7.89. The number of para-hydroxylation sites is 1. The molecular formula is C17H24ClN3OS. The van der Waals surface area contributed by atoms with Crippen LogP contribution in [0.15, 0.2) is 24.3 Å². The van der Waals surface area contributed by atoms with Crippen LogP contribution in [0.2, 0.25) is 5.02 Å². The summed E-state index contributed by atoms with van der Waals surface area (Å²) in [5.41, 5.74) is 0.472. The van der Waals surface area contributed by atoms with Crippen molar-refractivity contribution in [1.82, 2.24) is 10.2 Å². The number of rotatable bonds is 2. The molecule has 4 nitrogen and oxygen atoms in total. The van der Waals surface area contributed by atoms with Gasteiger partial charge in [-0.2, -0.15) is 0 Å². The van der Waals surface area contributed by atoms with Gasteiger partial charge in [0, 0.05) is 24.5 Å². The fraction of sp³-hybridized carbons (Fsp3) is 0.529. The highest BCUT2D eigenvalue weighted by molar-refractivity contribution is 7.80. The second-order valence-electron chi connectivity index (χ2n) is 6.89. The number of nitrogens with zero attached hydrogens (tertiary/aromatic N) is 1. The lowest BCUT2D eigenvalue weighted by atomic mass is 9.94. The minimum Gasteiger partial charge on any atom is -0.353 e. The minimum atomic E-state index is -0.349. The van der Waals surface area contributed by atoms with Gasteiger partial charge in [0.2, 0.25) is 5.91 Å². The molecule has 0 spiro atoms. The van der Waals surface area contributed by atoms with Gasteiger partial charge in [-0.05, 0) is 37.2 Å². The average Bonchev–Trinajstić information content (AvgIpc) is 2.49. The van der Waals surface area contributed by atoms with E-state index < -0.39 is 0 Å². The Labute approximate surface area is 148 Å². The molecule has 1 aliphatic heterocycles. The van der Waals surface area contributed by atoms with E-state index in [2.05, 4.69) is 15.5 Å². The Morgan fingerprint density at radius 3 is 2.43 bits per heavy atom. The Hall–Kier alpha value is -1.33. The molecule has 0 atom stereocenters. The molecule has 1 aromatic carbocycles. The van der Waals surface area contributed by atoms with E-state index in [0.29, 0.717) is 10.1 Å². The number of anilines is 1. The summed E-state index contributed by atoms with van der Waals surface area (Å²) < 4.78 is 0. The molecule has 0 saturated carbocycles. The average molecular weight is 354 g/mol. The number of thiocarbonyl (C=S) groups is 1. The number of piperidine rings is 1. The predicted molar refractivity (Wildman–Crippen MR) is 99.9 cm³/mol. The van der Waals surface area contributed by atoms with E-state index in [1.807, 2.05) is 45.0 Å². The van der Waals surface area contributed by atoms with Crippen molar-refractivity contribution in [2.24, 2.45) is 5.41 Å². The summed E-state index contributed by atoms with van der Waals surface area (Å²) in [7, 11) is 0. The van der Waals surface area contributed by atoms with Crippen molar-refractivity contribution in [3.8, 4) is 0 Å². The zero-order chi connectivity index (χ0) is 17.0. The summed E-state index contributed by atoms with van der Waals surface area (Å²) in [6, 6.07) is 7.78. The van der Waals surface area contributed by atoms with E-state index in [0.717, 1.165) is 31.6 Å². The van der Waals surface area contributed by atoms with Crippen LogP contribution < -0.4 is 10.6 Å². The molecule has 2 N–H and O–H groups in total. The SMILES string of the molecule is CC(C)(C)C(=O)NC1CCN(C(=S)Nc2ccccc2Cl)CC1.